The van der Waals surface area contributed by atoms with E-state index in [-0.39, 0.29) is 23.0 Å². The lowest BCUT2D eigenvalue weighted by Crippen LogP contribution is -2.31. The van der Waals surface area contributed by atoms with E-state index in [1.165, 1.54) is 41.5 Å². The number of hydrogen-bond acceptors (Lipinski definition) is 6. The number of aromatic nitrogens is 3. The SMILES string of the molecule is CN(Cc1c(F)cccc1Cl)C(=O)COC(=O)c1nc(-c2cccs2)n(-c2ccccc2)n1. The van der Waals surface area contributed by atoms with Crippen LogP contribution in [0.1, 0.15) is 16.2 Å². The second kappa shape index (κ2) is 9.93. The van der Waals surface area contributed by atoms with Crippen molar-refractivity contribution >= 4 is 34.8 Å². The van der Waals surface area contributed by atoms with E-state index < -0.39 is 24.3 Å². The molecule has 2 aromatic carbocycles. The van der Waals surface area contributed by atoms with Crippen molar-refractivity contribution < 1.29 is 18.7 Å². The summed E-state index contributed by atoms with van der Waals surface area (Å²) in [4.78, 5) is 31.4. The van der Waals surface area contributed by atoms with E-state index in [9.17, 15) is 14.0 Å². The molecule has 4 aromatic rings. The Kier molecular flexibility index (Phi) is 6.81. The Morgan fingerprint density at radius 2 is 1.91 bits per heavy atom. The van der Waals surface area contributed by atoms with Crippen LogP contribution in [0.4, 0.5) is 4.39 Å². The molecule has 0 radical (unpaired) electrons. The molecule has 0 saturated carbocycles. The minimum absolute atomic E-state index is 0.0642. The summed E-state index contributed by atoms with van der Waals surface area (Å²) in [5.74, 6) is -1.57. The number of nitrogens with zero attached hydrogens (tertiary/aromatic N) is 4. The maximum absolute atomic E-state index is 14.0. The zero-order valence-electron chi connectivity index (χ0n) is 17.4. The standard InChI is InChI=1S/C23H18ClFN4O3S/c1-28(13-16-17(24)9-5-10-18(16)25)20(30)14-32-23(31)21-26-22(19-11-6-12-33-19)29(27-21)15-7-3-2-4-8-15/h2-12H,13-14H2,1H3. The molecule has 2 aromatic heterocycles. The van der Waals surface area contributed by atoms with Gasteiger partial charge in [0.1, 0.15) is 5.82 Å². The van der Waals surface area contributed by atoms with E-state index in [2.05, 4.69) is 10.1 Å². The second-order valence-electron chi connectivity index (χ2n) is 7.01. The van der Waals surface area contributed by atoms with E-state index in [4.69, 9.17) is 16.3 Å². The maximum atomic E-state index is 14.0. The average molecular weight is 485 g/mol. The Morgan fingerprint density at radius 3 is 2.61 bits per heavy atom. The van der Waals surface area contributed by atoms with Crippen LogP contribution in [0.2, 0.25) is 5.02 Å². The Bertz CT molecular complexity index is 1260. The van der Waals surface area contributed by atoms with E-state index in [1.807, 2.05) is 47.8 Å². The molecule has 1 amide bonds. The largest absolute Gasteiger partial charge is 0.450 e. The third-order valence-corrected chi connectivity index (χ3v) is 5.96. The van der Waals surface area contributed by atoms with E-state index >= 15 is 0 Å². The molecule has 10 heteroatoms. The lowest BCUT2D eigenvalue weighted by Gasteiger charge is -2.18. The summed E-state index contributed by atoms with van der Waals surface area (Å²) >= 11 is 7.47. The van der Waals surface area contributed by atoms with Gasteiger partial charge in [-0.1, -0.05) is 41.9 Å². The highest BCUT2D eigenvalue weighted by molar-refractivity contribution is 7.13. The van der Waals surface area contributed by atoms with Crippen molar-refractivity contribution in [1.29, 1.82) is 0 Å². The van der Waals surface area contributed by atoms with Crippen LogP contribution < -0.4 is 0 Å². The van der Waals surface area contributed by atoms with Gasteiger partial charge in [0.2, 0.25) is 0 Å². The van der Waals surface area contributed by atoms with Gasteiger partial charge >= 0.3 is 5.97 Å². The number of amides is 1. The van der Waals surface area contributed by atoms with Gasteiger partial charge in [-0.3, -0.25) is 4.79 Å². The third kappa shape index (κ3) is 5.10. The molecule has 0 aliphatic heterocycles. The van der Waals surface area contributed by atoms with Gasteiger partial charge in [-0.15, -0.1) is 16.4 Å². The van der Waals surface area contributed by atoms with Crippen LogP contribution in [-0.4, -0.2) is 45.2 Å². The predicted octanol–water partition coefficient (Wildman–Crippen LogP) is 4.60. The Balaban J connectivity index is 1.47. The Morgan fingerprint density at radius 1 is 1.12 bits per heavy atom. The number of hydrogen-bond donors (Lipinski definition) is 0. The molecule has 0 spiro atoms. The highest BCUT2D eigenvalue weighted by Gasteiger charge is 2.22. The number of rotatable bonds is 7. The Labute approximate surface area is 198 Å². The van der Waals surface area contributed by atoms with Gasteiger partial charge in [0.25, 0.3) is 11.7 Å². The van der Waals surface area contributed by atoms with Crippen LogP contribution in [0, 0.1) is 5.82 Å². The van der Waals surface area contributed by atoms with Crippen molar-refractivity contribution in [2.45, 2.75) is 6.54 Å². The van der Waals surface area contributed by atoms with Crippen molar-refractivity contribution in [3.05, 3.63) is 88.3 Å². The molecule has 0 N–H and O–H groups in total. The minimum atomic E-state index is -0.840. The normalized spacial score (nSPS) is 10.8. The van der Waals surface area contributed by atoms with Crippen LogP contribution in [0.3, 0.4) is 0 Å². The van der Waals surface area contributed by atoms with Gasteiger partial charge in [0.15, 0.2) is 12.4 Å². The third-order valence-electron chi connectivity index (χ3n) is 4.74. The lowest BCUT2D eigenvalue weighted by molar-refractivity contribution is -0.133. The van der Waals surface area contributed by atoms with Crippen molar-refractivity contribution in [3.8, 4) is 16.4 Å². The quantitative estimate of drug-likeness (QED) is 0.358. The van der Waals surface area contributed by atoms with Gasteiger partial charge in [0, 0.05) is 24.2 Å². The first-order chi connectivity index (χ1) is 15.9. The van der Waals surface area contributed by atoms with E-state index in [0.717, 1.165) is 10.6 Å². The molecule has 0 bridgehead atoms. The number of carbonyl (C=O) groups is 2. The maximum Gasteiger partial charge on any atom is 0.378 e. The lowest BCUT2D eigenvalue weighted by atomic mass is 10.2. The number of ether oxygens (including phenoxy) is 1. The molecule has 4 rings (SSSR count). The molecule has 168 valence electrons. The van der Waals surface area contributed by atoms with Crippen LogP contribution >= 0.6 is 22.9 Å². The molecule has 7 nitrogen and oxygen atoms in total. The summed E-state index contributed by atoms with van der Waals surface area (Å²) in [7, 11) is 1.47. The van der Waals surface area contributed by atoms with Gasteiger partial charge < -0.3 is 9.64 Å². The molecule has 33 heavy (non-hydrogen) atoms. The number of thiophene rings is 1. The molecular weight excluding hydrogens is 467 g/mol. The van der Waals surface area contributed by atoms with Gasteiger partial charge in [-0.25, -0.2) is 13.9 Å². The minimum Gasteiger partial charge on any atom is -0.450 e. The van der Waals surface area contributed by atoms with E-state index in [1.54, 1.807) is 4.68 Å². The van der Waals surface area contributed by atoms with E-state index in [0.29, 0.717) is 5.82 Å². The fraction of sp³-hybridized carbons (Fsp3) is 0.130. The number of halogens is 2. The zero-order chi connectivity index (χ0) is 23.4. The fourth-order valence-electron chi connectivity index (χ4n) is 3.02. The first-order valence-corrected chi connectivity index (χ1v) is 11.1. The molecule has 0 aliphatic carbocycles. The first-order valence-electron chi connectivity index (χ1n) is 9.84. The predicted molar refractivity (Wildman–Crippen MR) is 123 cm³/mol. The molecule has 2 heterocycles. The summed E-state index contributed by atoms with van der Waals surface area (Å²) in [5.41, 5.74) is 0.912. The monoisotopic (exact) mass is 484 g/mol. The summed E-state index contributed by atoms with van der Waals surface area (Å²) in [6.07, 6.45) is 0. The molecule has 0 aliphatic rings. The topological polar surface area (TPSA) is 77.3 Å². The van der Waals surface area contributed by atoms with Gasteiger partial charge in [-0.05, 0) is 35.7 Å². The number of benzene rings is 2. The first kappa shape index (κ1) is 22.6. The van der Waals surface area contributed by atoms with Crippen LogP contribution in [0.25, 0.3) is 16.4 Å². The summed E-state index contributed by atoms with van der Waals surface area (Å²) in [5, 5.41) is 6.40. The van der Waals surface area contributed by atoms with Crippen LogP contribution in [0.5, 0.6) is 0 Å². The van der Waals surface area contributed by atoms with Crippen molar-refractivity contribution in [2.75, 3.05) is 13.7 Å². The molecular formula is C23H18ClFN4O3S. The molecule has 0 atom stereocenters. The number of carbonyl (C=O) groups excluding carboxylic acids is 2. The number of para-hydroxylation sites is 1. The van der Waals surface area contributed by atoms with Gasteiger partial charge in [0.05, 0.1) is 10.6 Å². The molecule has 0 unspecified atom stereocenters. The van der Waals surface area contributed by atoms with Gasteiger partial charge in [-0.2, -0.15) is 4.98 Å². The number of esters is 1. The highest BCUT2D eigenvalue weighted by Crippen LogP contribution is 2.26. The Hall–Kier alpha value is -3.56. The van der Waals surface area contributed by atoms with Crippen LogP contribution in [-0.2, 0) is 16.1 Å². The summed E-state index contributed by atoms with van der Waals surface area (Å²) in [6.45, 7) is -0.610. The fourth-order valence-corrected chi connectivity index (χ4v) is 3.94. The summed E-state index contributed by atoms with van der Waals surface area (Å²) in [6, 6.07) is 17.3. The van der Waals surface area contributed by atoms with Crippen LogP contribution in [0.15, 0.2) is 66.0 Å². The summed E-state index contributed by atoms with van der Waals surface area (Å²) < 4.78 is 20.7. The second-order valence-corrected chi connectivity index (χ2v) is 8.36. The zero-order valence-corrected chi connectivity index (χ0v) is 19.0. The average Bonchev–Trinajstić information content (AvgIpc) is 3.50. The van der Waals surface area contributed by atoms with Crippen molar-refractivity contribution in [1.82, 2.24) is 19.7 Å². The molecule has 0 saturated heterocycles. The highest BCUT2D eigenvalue weighted by atomic mass is 35.5. The van der Waals surface area contributed by atoms with Crippen molar-refractivity contribution in [2.24, 2.45) is 0 Å². The molecule has 0 fully saturated rings. The number of likely N-dealkylation sites (N-methyl/N-ethyl adjacent to an activating group) is 1. The van der Waals surface area contributed by atoms with Crippen molar-refractivity contribution in [3.63, 3.8) is 0 Å². The smallest absolute Gasteiger partial charge is 0.378 e.